The van der Waals surface area contributed by atoms with E-state index in [4.69, 9.17) is 0 Å². The standard InChI is InChI=1S/C16H22FN3O.ClH/c17-14-1-3-15(4-2-14)19-9-11-20(12-10-19)16(21)13-5-7-18-8-6-13;/h1-4,13,18H,5-12H2;1H. The number of piperazine rings is 1. The van der Waals surface area contributed by atoms with Crippen LogP contribution in [0.25, 0.3) is 0 Å². The first-order chi connectivity index (χ1) is 10.2. The zero-order valence-corrected chi connectivity index (χ0v) is 13.4. The van der Waals surface area contributed by atoms with E-state index in [-0.39, 0.29) is 24.1 Å². The van der Waals surface area contributed by atoms with Crippen LogP contribution in [-0.2, 0) is 4.79 Å². The second-order valence-corrected chi connectivity index (χ2v) is 5.81. The number of rotatable bonds is 2. The third-order valence-corrected chi connectivity index (χ3v) is 4.47. The summed E-state index contributed by atoms with van der Waals surface area (Å²) in [6.45, 7) is 5.07. The van der Waals surface area contributed by atoms with Crippen LogP contribution in [0.1, 0.15) is 12.8 Å². The third kappa shape index (κ3) is 3.90. The zero-order chi connectivity index (χ0) is 14.7. The first-order valence-corrected chi connectivity index (χ1v) is 7.74. The number of carbonyl (C=O) groups excluding carboxylic acids is 1. The Morgan fingerprint density at radius 3 is 2.23 bits per heavy atom. The van der Waals surface area contributed by atoms with Crippen LogP contribution in [0.15, 0.2) is 24.3 Å². The highest BCUT2D eigenvalue weighted by molar-refractivity contribution is 5.85. The molecule has 2 aliphatic rings. The number of anilines is 1. The SMILES string of the molecule is Cl.O=C(C1CCNCC1)N1CCN(c2ccc(F)cc2)CC1. The molecular weight excluding hydrogens is 305 g/mol. The van der Waals surface area contributed by atoms with Crippen molar-refractivity contribution in [3.8, 4) is 0 Å². The van der Waals surface area contributed by atoms with Crippen LogP contribution in [-0.4, -0.2) is 50.1 Å². The van der Waals surface area contributed by atoms with Crippen molar-refractivity contribution in [2.45, 2.75) is 12.8 Å². The number of carbonyl (C=O) groups is 1. The molecule has 1 aromatic carbocycles. The summed E-state index contributed by atoms with van der Waals surface area (Å²) in [5.74, 6) is 0.303. The summed E-state index contributed by atoms with van der Waals surface area (Å²) in [6, 6.07) is 6.59. The summed E-state index contributed by atoms with van der Waals surface area (Å²) in [4.78, 5) is 16.7. The van der Waals surface area contributed by atoms with Crippen LogP contribution < -0.4 is 10.2 Å². The van der Waals surface area contributed by atoms with Gasteiger partial charge in [-0.1, -0.05) is 0 Å². The first kappa shape index (κ1) is 17.0. The second-order valence-electron chi connectivity index (χ2n) is 5.81. The normalized spacial score (nSPS) is 19.7. The Labute approximate surface area is 137 Å². The average molecular weight is 328 g/mol. The third-order valence-electron chi connectivity index (χ3n) is 4.47. The van der Waals surface area contributed by atoms with Crippen LogP contribution >= 0.6 is 12.4 Å². The molecule has 0 aromatic heterocycles. The number of nitrogens with zero attached hydrogens (tertiary/aromatic N) is 2. The predicted molar refractivity (Wildman–Crippen MR) is 88.0 cm³/mol. The molecule has 4 nitrogen and oxygen atoms in total. The molecule has 0 atom stereocenters. The number of halogens is 2. The largest absolute Gasteiger partial charge is 0.368 e. The molecule has 1 aromatic rings. The lowest BCUT2D eigenvalue weighted by Gasteiger charge is -2.38. The Bertz CT molecular complexity index is 483. The number of hydrogen-bond donors (Lipinski definition) is 1. The van der Waals surface area contributed by atoms with Gasteiger partial charge in [-0.25, -0.2) is 4.39 Å². The van der Waals surface area contributed by atoms with Gasteiger partial charge in [-0.3, -0.25) is 4.79 Å². The van der Waals surface area contributed by atoms with Gasteiger partial charge in [-0.15, -0.1) is 12.4 Å². The van der Waals surface area contributed by atoms with Crippen molar-refractivity contribution in [1.82, 2.24) is 10.2 Å². The molecule has 0 radical (unpaired) electrons. The minimum absolute atomic E-state index is 0. The Kier molecular flexibility index (Phi) is 6.03. The van der Waals surface area contributed by atoms with Crippen LogP contribution in [0.5, 0.6) is 0 Å². The molecule has 0 bridgehead atoms. The summed E-state index contributed by atoms with van der Waals surface area (Å²) in [6.07, 6.45) is 1.91. The highest BCUT2D eigenvalue weighted by Gasteiger charge is 2.28. The van der Waals surface area contributed by atoms with Crippen LogP contribution in [0.3, 0.4) is 0 Å². The van der Waals surface area contributed by atoms with Gasteiger partial charge in [0.25, 0.3) is 0 Å². The molecule has 1 N–H and O–H groups in total. The zero-order valence-electron chi connectivity index (χ0n) is 12.6. The van der Waals surface area contributed by atoms with Gasteiger partial charge < -0.3 is 15.1 Å². The van der Waals surface area contributed by atoms with E-state index in [1.807, 2.05) is 4.90 Å². The van der Waals surface area contributed by atoms with Crippen molar-refractivity contribution in [2.75, 3.05) is 44.2 Å². The molecule has 1 amide bonds. The molecule has 2 saturated heterocycles. The molecule has 22 heavy (non-hydrogen) atoms. The van der Waals surface area contributed by atoms with Gasteiger partial charge in [-0.05, 0) is 50.2 Å². The topological polar surface area (TPSA) is 35.6 Å². The summed E-state index contributed by atoms with van der Waals surface area (Å²) >= 11 is 0. The molecule has 3 rings (SSSR count). The molecular formula is C16H23ClFN3O. The van der Waals surface area contributed by atoms with Crippen LogP contribution in [0, 0.1) is 11.7 Å². The van der Waals surface area contributed by atoms with Crippen molar-refractivity contribution >= 4 is 24.0 Å². The van der Waals surface area contributed by atoms with E-state index in [9.17, 15) is 9.18 Å². The fourth-order valence-corrected chi connectivity index (χ4v) is 3.16. The van der Waals surface area contributed by atoms with E-state index in [2.05, 4.69) is 10.2 Å². The Morgan fingerprint density at radius 2 is 1.64 bits per heavy atom. The maximum absolute atomic E-state index is 13.0. The van der Waals surface area contributed by atoms with Gasteiger partial charge >= 0.3 is 0 Å². The summed E-state index contributed by atoms with van der Waals surface area (Å²) in [5.41, 5.74) is 1.03. The number of piperidine rings is 1. The maximum Gasteiger partial charge on any atom is 0.225 e. The van der Waals surface area contributed by atoms with E-state index < -0.39 is 0 Å². The number of benzene rings is 1. The van der Waals surface area contributed by atoms with Crippen LogP contribution in [0.4, 0.5) is 10.1 Å². The van der Waals surface area contributed by atoms with Crippen molar-refractivity contribution in [3.63, 3.8) is 0 Å². The minimum Gasteiger partial charge on any atom is -0.368 e. The van der Waals surface area contributed by atoms with Gasteiger partial charge in [0.15, 0.2) is 0 Å². The second kappa shape index (κ2) is 7.79. The molecule has 2 heterocycles. The minimum atomic E-state index is -0.210. The molecule has 0 saturated carbocycles. The fourth-order valence-electron chi connectivity index (χ4n) is 3.16. The maximum atomic E-state index is 13.0. The predicted octanol–water partition coefficient (Wildman–Crippen LogP) is 1.90. The fraction of sp³-hybridized carbons (Fsp3) is 0.562. The molecule has 0 unspecified atom stereocenters. The smallest absolute Gasteiger partial charge is 0.225 e. The van der Waals surface area contributed by atoms with Gasteiger partial charge in [0, 0.05) is 37.8 Å². The van der Waals surface area contributed by atoms with Gasteiger partial charge in [0.1, 0.15) is 5.82 Å². The highest BCUT2D eigenvalue weighted by Crippen LogP contribution is 2.20. The van der Waals surface area contributed by atoms with Crippen molar-refractivity contribution < 1.29 is 9.18 Å². The molecule has 0 spiro atoms. The van der Waals surface area contributed by atoms with Crippen molar-refractivity contribution in [3.05, 3.63) is 30.1 Å². The Balaban J connectivity index is 0.00000176. The number of hydrogen-bond acceptors (Lipinski definition) is 3. The van der Waals surface area contributed by atoms with E-state index in [1.54, 1.807) is 12.1 Å². The monoisotopic (exact) mass is 327 g/mol. The van der Waals surface area contributed by atoms with Gasteiger partial charge in [-0.2, -0.15) is 0 Å². The van der Waals surface area contributed by atoms with E-state index >= 15 is 0 Å². The number of nitrogens with one attached hydrogen (secondary N) is 1. The highest BCUT2D eigenvalue weighted by atomic mass is 35.5. The van der Waals surface area contributed by atoms with E-state index in [0.29, 0.717) is 5.91 Å². The number of amides is 1. The molecule has 0 aliphatic carbocycles. The molecule has 122 valence electrons. The lowest BCUT2D eigenvalue weighted by Crippen LogP contribution is -2.51. The molecule has 2 aliphatic heterocycles. The van der Waals surface area contributed by atoms with Crippen molar-refractivity contribution in [1.29, 1.82) is 0 Å². The summed E-state index contributed by atoms with van der Waals surface area (Å²) < 4.78 is 13.0. The molecule has 6 heteroatoms. The van der Waals surface area contributed by atoms with Crippen molar-refractivity contribution in [2.24, 2.45) is 5.92 Å². The van der Waals surface area contributed by atoms with E-state index in [0.717, 1.165) is 57.8 Å². The summed E-state index contributed by atoms with van der Waals surface area (Å²) in [7, 11) is 0. The van der Waals surface area contributed by atoms with Crippen LogP contribution in [0.2, 0.25) is 0 Å². The lowest BCUT2D eigenvalue weighted by atomic mass is 9.96. The quantitative estimate of drug-likeness (QED) is 0.901. The first-order valence-electron chi connectivity index (χ1n) is 7.74. The summed E-state index contributed by atoms with van der Waals surface area (Å²) in [5, 5.41) is 3.30. The van der Waals surface area contributed by atoms with E-state index in [1.165, 1.54) is 12.1 Å². The Morgan fingerprint density at radius 1 is 1.05 bits per heavy atom. The lowest BCUT2D eigenvalue weighted by molar-refractivity contribution is -0.136. The Hall–Kier alpha value is -1.33. The van der Waals surface area contributed by atoms with Gasteiger partial charge in [0.05, 0.1) is 0 Å². The van der Waals surface area contributed by atoms with Gasteiger partial charge in [0.2, 0.25) is 5.91 Å². The average Bonchev–Trinajstić information content (AvgIpc) is 2.56. The molecule has 2 fully saturated rings.